The Morgan fingerprint density at radius 2 is 0.974 bits per heavy atom. The minimum atomic E-state index is 0.864. The summed E-state index contributed by atoms with van der Waals surface area (Å²) in [6.45, 7) is 0. The average molecular weight is 518 g/mol. The Labute approximate surface area is 231 Å². The fraction of sp³-hybridized carbons (Fsp3) is 0. The molecule has 0 saturated heterocycles. The molecule has 0 unspecified atom stereocenters. The topological polar surface area (TPSA) is 38.7 Å². The number of thiophene rings is 1. The van der Waals surface area contributed by atoms with E-state index in [1.807, 2.05) is 24.4 Å². The van der Waals surface area contributed by atoms with E-state index in [-0.39, 0.29) is 0 Å². The van der Waals surface area contributed by atoms with Crippen LogP contribution in [0.2, 0.25) is 0 Å². The summed E-state index contributed by atoms with van der Waals surface area (Å²) in [5, 5.41) is 1.22. The maximum absolute atomic E-state index is 5.38. The van der Waals surface area contributed by atoms with E-state index in [2.05, 4.69) is 114 Å². The highest BCUT2D eigenvalue weighted by atomic mass is 32.1. The molecular formula is C35H23N3S. The summed E-state index contributed by atoms with van der Waals surface area (Å²) >= 11 is 1.76. The molecule has 0 radical (unpaired) electrons. The maximum atomic E-state index is 5.38. The summed E-state index contributed by atoms with van der Waals surface area (Å²) in [6, 6.07) is 44.0. The average Bonchev–Trinajstić information content (AvgIpc) is 3.46. The molecular weight excluding hydrogens is 494 g/mol. The Hall–Kier alpha value is -4.93. The molecule has 7 aromatic rings. The molecule has 0 atom stereocenters. The van der Waals surface area contributed by atoms with Crippen molar-refractivity contribution in [2.75, 3.05) is 0 Å². The number of hydrogen-bond donors (Lipinski definition) is 0. The minimum absolute atomic E-state index is 0.864. The van der Waals surface area contributed by atoms with Crippen LogP contribution < -0.4 is 0 Å². The summed E-state index contributed by atoms with van der Waals surface area (Å²) in [6.07, 6.45) is 3.68. The third kappa shape index (κ3) is 4.52. The van der Waals surface area contributed by atoms with Gasteiger partial charge < -0.3 is 0 Å². The van der Waals surface area contributed by atoms with Crippen molar-refractivity contribution in [1.82, 2.24) is 15.0 Å². The van der Waals surface area contributed by atoms with Crippen molar-refractivity contribution in [2.24, 2.45) is 0 Å². The highest BCUT2D eigenvalue weighted by Gasteiger charge is 2.20. The van der Waals surface area contributed by atoms with Crippen LogP contribution in [0.1, 0.15) is 0 Å². The van der Waals surface area contributed by atoms with Gasteiger partial charge in [-0.1, -0.05) is 109 Å². The zero-order chi connectivity index (χ0) is 26.0. The molecule has 0 aliphatic heterocycles. The van der Waals surface area contributed by atoms with E-state index in [1.165, 1.54) is 10.1 Å². The predicted molar refractivity (Wildman–Crippen MR) is 162 cm³/mol. The molecule has 3 heterocycles. The summed E-state index contributed by atoms with van der Waals surface area (Å²) in [4.78, 5) is 16.1. The summed E-state index contributed by atoms with van der Waals surface area (Å²) in [5.74, 6) is 0. The van der Waals surface area contributed by atoms with E-state index < -0.39 is 0 Å². The number of fused-ring (bicyclic) bond motifs is 1. The molecule has 0 fully saturated rings. The summed E-state index contributed by atoms with van der Waals surface area (Å²) in [7, 11) is 0. The van der Waals surface area contributed by atoms with Crippen molar-refractivity contribution in [3.05, 3.63) is 140 Å². The van der Waals surface area contributed by atoms with Gasteiger partial charge in [0.05, 0.1) is 22.0 Å². The Balaban J connectivity index is 1.47. The first-order valence-electron chi connectivity index (χ1n) is 12.9. The van der Waals surface area contributed by atoms with Gasteiger partial charge in [-0.25, -0.2) is 9.97 Å². The van der Waals surface area contributed by atoms with Crippen LogP contribution in [0.15, 0.2) is 140 Å². The predicted octanol–water partition coefficient (Wildman–Crippen LogP) is 9.42. The molecule has 7 rings (SSSR count). The molecule has 0 N–H and O–H groups in total. The van der Waals surface area contributed by atoms with Gasteiger partial charge in [0.2, 0.25) is 0 Å². The van der Waals surface area contributed by atoms with E-state index in [1.54, 1.807) is 17.5 Å². The van der Waals surface area contributed by atoms with Gasteiger partial charge in [-0.05, 0) is 34.7 Å². The quantitative estimate of drug-likeness (QED) is 0.228. The standard InChI is InChI=1S/C35H23N3S/c1-3-10-25(11-4-1)32-33(27-19-17-24(18-20-27)29-15-9-21-36-23-29)37-34(26-12-5-2-6-13-26)35(38-32)31-22-28-14-7-8-16-30(28)39-31/h1-23H. The van der Waals surface area contributed by atoms with E-state index in [0.717, 1.165) is 55.5 Å². The Morgan fingerprint density at radius 3 is 1.62 bits per heavy atom. The zero-order valence-electron chi connectivity index (χ0n) is 21.0. The Bertz CT molecular complexity index is 1850. The van der Waals surface area contributed by atoms with E-state index in [4.69, 9.17) is 9.97 Å². The Kier molecular flexibility index (Phi) is 6.00. The first-order valence-corrected chi connectivity index (χ1v) is 13.7. The lowest BCUT2D eigenvalue weighted by Crippen LogP contribution is -2.00. The molecule has 0 aliphatic rings. The zero-order valence-corrected chi connectivity index (χ0v) is 21.8. The largest absolute Gasteiger partial charge is 0.264 e. The van der Waals surface area contributed by atoms with Crippen molar-refractivity contribution >= 4 is 21.4 Å². The van der Waals surface area contributed by atoms with Crippen molar-refractivity contribution in [3.8, 4) is 55.5 Å². The molecule has 0 bridgehead atoms. The van der Waals surface area contributed by atoms with Crippen molar-refractivity contribution in [3.63, 3.8) is 0 Å². The molecule has 3 aromatic heterocycles. The van der Waals surface area contributed by atoms with Crippen molar-refractivity contribution in [2.45, 2.75) is 0 Å². The lowest BCUT2D eigenvalue weighted by molar-refractivity contribution is 1.22. The smallest absolute Gasteiger partial charge is 0.107 e. The second-order valence-corrected chi connectivity index (χ2v) is 10.4. The molecule has 0 saturated carbocycles. The van der Waals surface area contributed by atoms with Crippen LogP contribution in [-0.2, 0) is 0 Å². The van der Waals surface area contributed by atoms with Crippen LogP contribution in [0.25, 0.3) is 65.6 Å². The van der Waals surface area contributed by atoms with Crippen LogP contribution in [-0.4, -0.2) is 15.0 Å². The Morgan fingerprint density at radius 1 is 0.436 bits per heavy atom. The third-order valence-electron chi connectivity index (χ3n) is 6.80. The van der Waals surface area contributed by atoms with E-state index in [9.17, 15) is 0 Å². The van der Waals surface area contributed by atoms with Gasteiger partial charge in [-0.3, -0.25) is 4.98 Å². The summed E-state index contributed by atoms with van der Waals surface area (Å²) < 4.78 is 1.24. The molecule has 0 spiro atoms. The lowest BCUT2D eigenvalue weighted by Gasteiger charge is -2.15. The van der Waals surface area contributed by atoms with Gasteiger partial charge in [-0.15, -0.1) is 11.3 Å². The highest BCUT2D eigenvalue weighted by molar-refractivity contribution is 7.22. The number of hydrogen-bond acceptors (Lipinski definition) is 4. The van der Waals surface area contributed by atoms with Crippen molar-refractivity contribution < 1.29 is 0 Å². The SMILES string of the molecule is c1ccc(-c2nc(-c3cc4ccccc4s3)c(-c3ccccc3)nc2-c2ccc(-c3cccnc3)cc2)cc1. The van der Waals surface area contributed by atoms with Gasteiger partial charge in [0.25, 0.3) is 0 Å². The van der Waals surface area contributed by atoms with Crippen LogP contribution in [0.3, 0.4) is 0 Å². The van der Waals surface area contributed by atoms with E-state index in [0.29, 0.717) is 0 Å². The summed E-state index contributed by atoms with van der Waals surface area (Å²) in [5.41, 5.74) is 8.83. The molecule has 0 amide bonds. The van der Waals surface area contributed by atoms with Gasteiger partial charge in [0.1, 0.15) is 5.69 Å². The minimum Gasteiger partial charge on any atom is -0.264 e. The highest BCUT2D eigenvalue weighted by Crippen LogP contribution is 2.41. The van der Waals surface area contributed by atoms with Gasteiger partial charge in [0, 0.05) is 33.8 Å². The van der Waals surface area contributed by atoms with E-state index >= 15 is 0 Å². The van der Waals surface area contributed by atoms with Crippen LogP contribution >= 0.6 is 11.3 Å². The molecule has 184 valence electrons. The molecule has 39 heavy (non-hydrogen) atoms. The number of rotatable bonds is 5. The first-order chi connectivity index (χ1) is 19.3. The van der Waals surface area contributed by atoms with Crippen LogP contribution in [0.5, 0.6) is 0 Å². The normalized spacial score (nSPS) is 11.1. The lowest BCUT2D eigenvalue weighted by atomic mass is 9.99. The fourth-order valence-corrected chi connectivity index (χ4v) is 5.91. The molecule has 0 aliphatic carbocycles. The first kappa shape index (κ1) is 23.2. The second-order valence-electron chi connectivity index (χ2n) is 9.32. The monoisotopic (exact) mass is 517 g/mol. The molecule has 4 aromatic carbocycles. The number of benzene rings is 4. The van der Waals surface area contributed by atoms with Gasteiger partial charge in [-0.2, -0.15) is 0 Å². The number of aromatic nitrogens is 3. The van der Waals surface area contributed by atoms with Crippen molar-refractivity contribution in [1.29, 1.82) is 0 Å². The molecule has 4 heteroatoms. The fourth-order valence-electron chi connectivity index (χ4n) is 4.86. The van der Waals surface area contributed by atoms with Crippen LogP contribution in [0, 0.1) is 0 Å². The number of pyridine rings is 1. The molecule has 3 nitrogen and oxygen atoms in total. The van der Waals surface area contributed by atoms with Crippen LogP contribution in [0.4, 0.5) is 0 Å². The van der Waals surface area contributed by atoms with Gasteiger partial charge >= 0.3 is 0 Å². The second kappa shape index (κ2) is 10.1. The number of nitrogens with zero attached hydrogens (tertiary/aromatic N) is 3. The van der Waals surface area contributed by atoms with Gasteiger partial charge in [0.15, 0.2) is 0 Å². The third-order valence-corrected chi connectivity index (χ3v) is 7.93. The maximum Gasteiger partial charge on any atom is 0.107 e.